The zero-order valence-corrected chi connectivity index (χ0v) is 15.7. The summed E-state index contributed by atoms with van der Waals surface area (Å²) in [5, 5.41) is 5.80. The molecule has 4 N–H and O–H groups in total. The number of rotatable bonds is 10. The summed E-state index contributed by atoms with van der Waals surface area (Å²) in [5.41, 5.74) is 8.46. The molecule has 2 rings (SSSR count). The third-order valence-corrected chi connectivity index (χ3v) is 3.82. The summed E-state index contributed by atoms with van der Waals surface area (Å²) >= 11 is 0. The Balaban J connectivity index is 2.02. The predicted molar refractivity (Wildman–Crippen MR) is 109 cm³/mol. The molecule has 7 nitrogen and oxygen atoms in total. The number of allylic oxidation sites excluding steroid dienone is 3. The van der Waals surface area contributed by atoms with Crippen LogP contribution < -0.4 is 16.4 Å². The van der Waals surface area contributed by atoms with Crippen LogP contribution in [-0.2, 0) is 9.53 Å². The van der Waals surface area contributed by atoms with Crippen molar-refractivity contribution in [1.82, 2.24) is 10.3 Å². The summed E-state index contributed by atoms with van der Waals surface area (Å²) in [6.45, 7) is 3.91. The third kappa shape index (κ3) is 6.37. The number of benzene rings is 1. The molecule has 2 aromatic rings. The lowest BCUT2D eigenvalue weighted by Crippen LogP contribution is -2.23. The number of ether oxygens (including phenoxy) is 1. The molecule has 0 aliphatic heterocycles. The number of hydrogen-bond acceptors (Lipinski definition) is 6. The molecule has 0 aliphatic rings. The summed E-state index contributed by atoms with van der Waals surface area (Å²) in [6.07, 6.45) is 6.70. The lowest BCUT2D eigenvalue weighted by atomic mass is 10.1. The number of carbonyl (C=O) groups excluding carboxylic acids is 2. The minimum absolute atomic E-state index is 0.109. The van der Waals surface area contributed by atoms with Gasteiger partial charge in [-0.25, -0.2) is 0 Å². The van der Waals surface area contributed by atoms with Crippen molar-refractivity contribution in [2.24, 2.45) is 5.73 Å². The van der Waals surface area contributed by atoms with Gasteiger partial charge in [0.05, 0.1) is 12.3 Å². The summed E-state index contributed by atoms with van der Waals surface area (Å²) in [6, 6.07) is 10.5. The molecule has 7 heteroatoms. The van der Waals surface area contributed by atoms with Crippen LogP contribution >= 0.6 is 0 Å². The van der Waals surface area contributed by atoms with Crippen molar-refractivity contribution >= 4 is 23.5 Å². The van der Waals surface area contributed by atoms with Gasteiger partial charge in [0, 0.05) is 43.0 Å². The van der Waals surface area contributed by atoms with Gasteiger partial charge in [-0.15, -0.1) is 0 Å². The second-order valence-corrected chi connectivity index (χ2v) is 5.73. The van der Waals surface area contributed by atoms with E-state index in [0.29, 0.717) is 37.2 Å². The standard InChI is InChI=1S/C21H24N4O3/c1-2-28-12-11-24-19-5-3-17(4-6-19)21(27)25-20(15-26)13-18(14-22)16-7-9-23-10-8-16/h3-10,13-15,24H,2,11-12,22H2,1H3,(H,25,27)/b18-14+,20-13+. The molecule has 0 fully saturated rings. The van der Waals surface area contributed by atoms with Gasteiger partial charge in [-0.3, -0.25) is 14.6 Å². The lowest BCUT2D eigenvalue weighted by Gasteiger charge is -2.09. The van der Waals surface area contributed by atoms with Gasteiger partial charge in [-0.1, -0.05) is 0 Å². The number of nitrogens with two attached hydrogens (primary N) is 1. The highest BCUT2D eigenvalue weighted by Crippen LogP contribution is 2.15. The average molecular weight is 380 g/mol. The van der Waals surface area contributed by atoms with Crippen molar-refractivity contribution in [3.63, 3.8) is 0 Å². The van der Waals surface area contributed by atoms with E-state index < -0.39 is 0 Å². The van der Waals surface area contributed by atoms with Gasteiger partial charge in [0.2, 0.25) is 0 Å². The smallest absolute Gasteiger partial charge is 0.255 e. The van der Waals surface area contributed by atoms with Crippen molar-refractivity contribution in [2.45, 2.75) is 6.92 Å². The second-order valence-electron chi connectivity index (χ2n) is 5.73. The summed E-state index contributed by atoms with van der Waals surface area (Å²) in [5.74, 6) is -0.384. The molecular formula is C21H24N4O3. The van der Waals surface area contributed by atoms with E-state index in [0.717, 1.165) is 11.3 Å². The van der Waals surface area contributed by atoms with E-state index in [2.05, 4.69) is 15.6 Å². The molecule has 1 amide bonds. The van der Waals surface area contributed by atoms with E-state index in [9.17, 15) is 9.59 Å². The number of pyridine rings is 1. The van der Waals surface area contributed by atoms with Gasteiger partial charge in [-0.05, 0) is 60.5 Å². The van der Waals surface area contributed by atoms with Crippen molar-refractivity contribution in [2.75, 3.05) is 25.1 Å². The van der Waals surface area contributed by atoms with Crippen LogP contribution in [0.5, 0.6) is 0 Å². The van der Waals surface area contributed by atoms with Crippen LogP contribution in [-0.4, -0.2) is 36.9 Å². The fraction of sp³-hybridized carbons (Fsp3) is 0.190. The van der Waals surface area contributed by atoms with E-state index in [4.69, 9.17) is 10.5 Å². The first-order valence-corrected chi connectivity index (χ1v) is 8.90. The zero-order chi connectivity index (χ0) is 20.2. The van der Waals surface area contributed by atoms with Crippen LogP contribution in [0.1, 0.15) is 22.8 Å². The molecule has 0 saturated heterocycles. The molecule has 0 bridgehead atoms. The highest BCUT2D eigenvalue weighted by atomic mass is 16.5. The number of aldehydes is 1. The van der Waals surface area contributed by atoms with Crippen molar-refractivity contribution < 1.29 is 14.3 Å². The lowest BCUT2D eigenvalue weighted by molar-refractivity contribution is -0.105. The number of nitrogens with zero attached hydrogens (tertiary/aromatic N) is 1. The van der Waals surface area contributed by atoms with Gasteiger partial charge in [0.25, 0.3) is 5.91 Å². The Kier molecular flexibility index (Phi) is 8.42. The predicted octanol–water partition coefficient (Wildman–Crippen LogP) is 2.34. The second kappa shape index (κ2) is 11.3. The number of hydrogen-bond donors (Lipinski definition) is 3. The quantitative estimate of drug-likeness (QED) is 0.253. The highest BCUT2D eigenvalue weighted by Gasteiger charge is 2.09. The van der Waals surface area contributed by atoms with Crippen LogP contribution in [0.15, 0.2) is 66.8 Å². The van der Waals surface area contributed by atoms with Crippen molar-refractivity contribution in [3.8, 4) is 0 Å². The molecule has 0 spiro atoms. The summed E-state index contributed by atoms with van der Waals surface area (Å²) < 4.78 is 5.26. The average Bonchev–Trinajstić information content (AvgIpc) is 2.75. The van der Waals surface area contributed by atoms with Crippen LogP contribution in [0, 0.1) is 0 Å². The molecule has 28 heavy (non-hydrogen) atoms. The Morgan fingerprint density at radius 1 is 1.14 bits per heavy atom. The molecule has 0 unspecified atom stereocenters. The van der Waals surface area contributed by atoms with E-state index in [1.54, 1.807) is 48.8 Å². The van der Waals surface area contributed by atoms with Gasteiger partial charge < -0.3 is 21.1 Å². The normalized spacial score (nSPS) is 11.8. The highest BCUT2D eigenvalue weighted by molar-refractivity contribution is 5.99. The topological polar surface area (TPSA) is 106 Å². The first-order valence-electron chi connectivity index (χ1n) is 8.90. The largest absolute Gasteiger partial charge is 0.404 e. The molecule has 1 heterocycles. The maximum Gasteiger partial charge on any atom is 0.255 e. The van der Waals surface area contributed by atoms with E-state index in [-0.39, 0.29) is 11.6 Å². The number of aromatic nitrogens is 1. The maximum atomic E-state index is 12.4. The fourth-order valence-electron chi connectivity index (χ4n) is 2.39. The summed E-state index contributed by atoms with van der Waals surface area (Å²) in [7, 11) is 0. The Morgan fingerprint density at radius 3 is 2.46 bits per heavy atom. The minimum Gasteiger partial charge on any atom is -0.404 e. The van der Waals surface area contributed by atoms with Gasteiger partial charge >= 0.3 is 0 Å². The zero-order valence-electron chi connectivity index (χ0n) is 15.7. The molecule has 0 aliphatic carbocycles. The van der Waals surface area contributed by atoms with Crippen LogP contribution in [0.25, 0.3) is 5.57 Å². The van der Waals surface area contributed by atoms with Crippen molar-refractivity contribution in [1.29, 1.82) is 0 Å². The first kappa shape index (κ1) is 20.9. The molecule has 146 valence electrons. The number of nitrogens with one attached hydrogen (secondary N) is 2. The van der Waals surface area contributed by atoms with E-state index in [1.165, 1.54) is 12.3 Å². The van der Waals surface area contributed by atoms with E-state index in [1.807, 2.05) is 6.92 Å². The van der Waals surface area contributed by atoms with Gasteiger partial charge in [-0.2, -0.15) is 0 Å². The molecule has 1 aromatic carbocycles. The minimum atomic E-state index is -0.384. The van der Waals surface area contributed by atoms with Gasteiger partial charge in [0.1, 0.15) is 0 Å². The Bertz CT molecular complexity index is 830. The van der Waals surface area contributed by atoms with Crippen LogP contribution in [0.4, 0.5) is 5.69 Å². The first-order chi connectivity index (χ1) is 13.7. The molecule has 0 radical (unpaired) electrons. The number of amides is 1. The summed E-state index contributed by atoms with van der Waals surface area (Å²) in [4.78, 5) is 27.8. The fourth-order valence-corrected chi connectivity index (χ4v) is 2.39. The maximum absolute atomic E-state index is 12.4. The van der Waals surface area contributed by atoms with E-state index >= 15 is 0 Å². The molecule has 0 saturated carbocycles. The molecular weight excluding hydrogens is 356 g/mol. The number of carbonyl (C=O) groups is 2. The molecule has 0 atom stereocenters. The molecule has 1 aromatic heterocycles. The monoisotopic (exact) mass is 380 g/mol. The Hall–Kier alpha value is -3.45. The Labute approximate surface area is 164 Å². The SMILES string of the molecule is CCOCCNc1ccc(C(=O)N/C(C=O)=C/C(=C\N)c2ccncc2)cc1. The van der Waals surface area contributed by atoms with Crippen molar-refractivity contribution in [3.05, 3.63) is 77.9 Å². The van der Waals surface area contributed by atoms with Gasteiger partial charge in [0.15, 0.2) is 6.29 Å². The van der Waals surface area contributed by atoms with Crippen LogP contribution in [0.2, 0.25) is 0 Å². The third-order valence-electron chi connectivity index (χ3n) is 3.82. The number of anilines is 1. The Morgan fingerprint density at radius 2 is 1.86 bits per heavy atom. The van der Waals surface area contributed by atoms with Crippen LogP contribution in [0.3, 0.4) is 0 Å².